The smallest absolute Gasteiger partial charge is 0.414 e. The second-order valence-electron chi connectivity index (χ2n) is 6.29. The number of hydrogen-bond donors (Lipinski definition) is 3. The molecule has 0 atom stereocenters. The van der Waals surface area contributed by atoms with Crippen LogP contribution >= 0.6 is 15.9 Å². The standard InChI is InChI=1S/C18H15BrFN3O2.C2H2O4/c1-23-15(11-2-5-16-17(7-11)25-10-24-16)9-22-18(23)21-8-12-6-13(19)3-4-14(12)20;3-1(4)2(5)6/h2-7,9H,8,10H2,1H3,(H,21,22);(H,3,4)(H,5,6). The maximum Gasteiger partial charge on any atom is 0.414 e. The molecule has 0 saturated carbocycles. The molecule has 0 unspecified atom stereocenters. The number of ether oxygens (including phenoxy) is 2. The highest BCUT2D eigenvalue weighted by atomic mass is 79.9. The van der Waals surface area contributed by atoms with Crippen molar-refractivity contribution in [3.05, 3.63) is 58.4 Å². The Morgan fingerprint density at radius 1 is 1.16 bits per heavy atom. The lowest BCUT2D eigenvalue weighted by atomic mass is 10.1. The van der Waals surface area contributed by atoms with E-state index in [0.717, 1.165) is 27.2 Å². The molecule has 1 aliphatic rings. The van der Waals surface area contributed by atoms with Gasteiger partial charge in [0.25, 0.3) is 0 Å². The van der Waals surface area contributed by atoms with Crippen molar-refractivity contribution in [1.82, 2.24) is 9.55 Å². The molecule has 3 aromatic rings. The summed E-state index contributed by atoms with van der Waals surface area (Å²) in [5.74, 6) is -1.77. The van der Waals surface area contributed by atoms with E-state index in [0.29, 0.717) is 18.1 Å². The molecule has 1 aliphatic heterocycles. The number of rotatable bonds is 4. The number of anilines is 1. The van der Waals surface area contributed by atoms with Crippen LogP contribution in [0.2, 0.25) is 0 Å². The molecule has 0 amide bonds. The van der Waals surface area contributed by atoms with Crippen LogP contribution in [0.25, 0.3) is 11.3 Å². The Bertz CT molecular complexity index is 1120. The molecule has 0 radical (unpaired) electrons. The summed E-state index contributed by atoms with van der Waals surface area (Å²) < 4.78 is 27.4. The largest absolute Gasteiger partial charge is 0.473 e. The predicted octanol–water partition coefficient (Wildman–Crippen LogP) is 3.49. The van der Waals surface area contributed by atoms with Crippen LogP contribution in [0.1, 0.15) is 5.56 Å². The van der Waals surface area contributed by atoms with E-state index in [4.69, 9.17) is 29.3 Å². The lowest BCUT2D eigenvalue weighted by molar-refractivity contribution is -0.159. The van der Waals surface area contributed by atoms with Crippen molar-refractivity contribution in [2.75, 3.05) is 12.1 Å². The van der Waals surface area contributed by atoms with Gasteiger partial charge < -0.3 is 29.6 Å². The second kappa shape index (κ2) is 9.47. The third kappa shape index (κ3) is 5.31. The molecule has 0 fully saturated rings. The Labute approximate surface area is 184 Å². The Hall–Kier alpha value is -3.60. The molecule has 3 N–H and O–H groups in total. The zero-order chi connectivity index (χ0) is 22.5. The molecular weight excluding hydrogens is 477 g/mol. The summed E-state index contributed by atoms with van der Waals surface area (Å²) in [7, 11) is 1.91. The van der Waals surface area contributed by atoms with Gasteiger partial charge in [-0.2, -0.15) is 0 Å². The van der Waals surface area contributed by atoms with Crippen molar-refractivity contribution in [2.45, 2.75) is 6.54 Å². The predicted molar refractivity (Wildman–Crippen MR) is 111 cm³/mol. The lowest BCUT2D eigenvalue weighted by Gasteiger charge is -2.10. The van der Waals surface area contributed by atoms with Crippen LogP contribution in [0.4, 0.5) is 10.3 Å². The molecule has 4 rings (SSSR count). The van der Waals surface area contributed by atoms with E-state index in [2.05, 4.69) is 26.2 Å². The Kier molecular flexibility index (Phi) is 6.75. The quantitative estimate of drug-likeness (QED) is 0.472. The number of fused-ring (bicyclic) bond motifs is 1. The fraction of sp³-hybridized carbons (Fsp3) is 0.150. The number of carbonyl (C=O) groups is 2. The van der Waals surface area contributed by atoms with Gasteiger partial charge in [-0.05, 0) is 36.4 Å². The van der Waals surface area contributed by atoms with E-state index in [-0.39, 0.29) is 12.6 Å². The van der Waals surface area contributed by atoms with Crippen molar-refractivity contribution in [2.24, 2.45) is 7.05 Å². The minimum absolute atomic E-state index is 0.245. The molecule has 9 nitrogen and oxygen atoms in total. The minimum Gasteiger partial charge on any atom is -0.473 e. The van der Waals surface area contributed by atoms with Gasteiger partial charge in [0.15, 0.2) is 11.5 Å². The van der Waals surface area contributed by atoms with Crippen LogP contribution < -0.4 is 14.8 Å². The summed E-state index contributed by atoms with van der Waals surface area (Å²) in [6.45, 7) is 0.589. The number of hydrogen-bond acceptors (Lipinski definition) is 6. The number of benzene rings is 2. The molecule has 0 spiro atoms. The number of nitrogens with one attached hydrogen (secondary N) is 1. The van der Waals surface area contributed by atoms with E-state index in [1.165, 1.54) is 6.07 Å². The first-order valence-electron chi connectivity index (χ1n) is 8.82. The van der Waals surface area contributed by atoms with Crippen molar-refractivity contribution in [1.29, 1.82) is 0 Å². The third-order valence-corrected chi connectivity index (χ3v) is 4.78. The van der Waals surface area contributed by atoms with Crippen LogP contribution in [0.5, 0.6) is 11.5 Å². The maximum absolute atomic E-state index is 13.9. The molecule has 11 heteroatoms. The van der Waals surface area contributed by atoms with Gasteiger partial charge >= 0.3 is 11.9 Å². The molecule has 0 saturated heterocycles. The average molecular weight is 494 g/mol. The summed E-state index contributed by atoms with van der Waals surface area (Å²) >= 11 is 3.36. The van der Waals surface area contributed by atoms with Gasteiger partial charge in [-0.25, -0.2) is 19.0 Å². The summed E-state index contributed by atoms with van der Waals surface area (Å²) in [6, 6.07) is 10.6. The zero-order valence-corrected chi connectivity index (χ0v) is 17.7. The Morgan fingerprint density at radius 3 is 2.58 bits per heavy atom. The monoisotopic (exact) mass is 493 g/mol. The highest BCUT2D eigenvalue weighted by molar-refractivity contribution is 9.10. The fourth-order valence-corrected chi connectivity index (χ4v) is 3.16. The van der Waals surface area contributed by atoms with E-state index in [9.17, 15) is 4.39 Å². The van der Waals surface area contributed by atoms with E-state index in [1.54, 1.807) is 18.3 Å². The molecule has 2 aromatic carbocycles. The normalized spacial score (nSPS) is 11.5. The third-order valence-electron chi connectivity index (χ3n) is 4.28. The summed E-state index contributed by atoms with van der Waals surface area (Å²) in [4.78, 5) is 22.6. The molecule has 1 aromatic heterocycles. The number of halogens is 2. The maximum atomic E-state index is 13.9. The number of carboxylic acids is 2. The van der Waals surface area contributed by atoms with Crippen molar-refractivity contribution < 1.29 is 33.7 Å². The summed E-state index contributed by atoms with van der Waals surface area (Å²) in [6.07, 6.45) is 1.77. The van der Waals surface area contributed by atoms with Gasteiger partial charge in [0, 0.05) is 29.2 Å². The zero-order valence-electron chi connectivity index (χ0n) is 16.1. The first-order valence-corrected chi connectivity index (χ1v) is 9.61. The van der Waals surface area contributed by atoms with E-state index < -0.39 is 11.9 Å². The molecule has 0 bridgehead atoms. The fourth-order valence-electron chi connectivity index (χ4n) is 2.75. The Morgan fingerprint density at radius 2 is 1.87 bits per heavy atom. The van der Waals surface area contributed by atoms with Crippen molar-refractivity contribution >= 4 is 33.8 Å². The number of aromatic nitrogens is 2. The SMILES string of the molecule is Cn1c(-c2ccc3c(c2)OCO3)cnc1NCc1cc(Br)ccc1F.O=C(O)C(=O)O. The van der Waals surface area contributed by atoms with Crippen LogP contribution in [0.15, 0.2) is 47.1 Å². The van der Waals surface area contributed by atoms with Crippen LogP contribution in [-0.4, -0.2) is 38.5 Å². The molecule has 31 heavy (non-hydrogen) atoms. The van der Waals surface area contributed by atoms with Crippen molar-refractivity contribution in [3.63, 3.8) is 0 Å². The first-order chi connectivity index (χ1) is 14.8. The van der Waals surface area contributed by atoms with Gasteiger partial charge in [-0.3, -0.25) is 0 Å². The van der Waals surface area contributed by atoms with Gasteiger partial charge in [0.2, 0.25) is 12.7 Å². The lowest BCUT2D eigenvalue weighted by Crippen LogP contribution is -2.09. The van der Waals surface area contributed by atoms with Gasteiger partial charge in [0.05, 0.1) is 11.9 Å². The Balaban J connectivity index is 0.000000401. The molecular formula is C20H17BrFN3O6. The second-order valence-corrected chi connectivity index (χ2v) is 7.21. The summed E-state index contributed by atoms with van der Waals surface area (Å²) in [5.41, 5.74) is 2.47. The molecule has 162 valence electrons. The average Bonchev–Trinajstić information content (AvgIpc) is 3.35. The van der Waals surface area contributed by atoms with E-state index >= 15 is 0 Å². The number of carboxylic acid groups (broad SMARTS) is 2. The van der Waals surface area contributed by atoms with Gasteiger partial charge in [0.1, 0.15) is 5.82 Å². The minimum atomic E-state index is -1.82. The molecule has 0 aliphatic carbocycles. The van der Waals surface area contributed by atoms with E-state index in [1.807, 2.05) is 29.8 Å². The van der Waals surface area contributed by atoms with Gasteiger partial charge in [-0.1, -0.05) is 15.9 Å². The van der Waals surface area contributed by atoms with Crippen molar-refractivity contribution in [3.8, 4) is 22.8 Å². The van der Waals surface area contributed by atoms with Crippen LogP contribution in [-0.2, 0) is 23.2 Å². The molecule has 2 heterocycles. The number of aliphatic carboxylic acids is 2. The van der Waals surface area contributed by atoms with Crippen LogP contribution in [0, 0.1) is 5.82 Å². The summed E-state index contributed by atoms with van der Waals surface area (Å²) in [5, 5.41) is 18.0. The topological polar surface area (TPSA) is 123 Å². The highest BCUT2D eigenvalue weighted by Gasteiger charge is 2.16. The van der Waals surface area contributed by atoms with Crippen LogP contribution in [0.3, 0.4) is 0 Å². The first kappa shape index (κ1) is 22.1. The highest BCUT2D eigenvalue weighted by Crippen LogP contribution is 2.36. The number of nitrogens with zero attached hydrogens (tertiary/aromatic N) is 2. The number of imidazole rings is 1. The van der Waals surface area contributed by atoms with Gasteiger partial charge in [-0.15, -0.1) is 0 Å².